The molecule has 21 heavy (non-hydrogen) atoms. The second-order valence-corrected chi connectivity index (χ2v) is 5.92. The molecule has 0 spiro atoms. The average molecular weight is 304 g/mol. The Morgan fingerprint density at radius 3 is 2.76 bits per heavy atom. The Balaban J connectivity index is 2.10. The van der Waals surface area contributed by atoms with Gasteiger partial charge in [-0.2, -0.15) is 0 Å². The van der Waals surface area contributed by atoms with Gasteiger partial charge in [-0.05, 0) is 31.7 Å². The Morgan fingerprint density at radius 1 is 1.43 bits per heavy atom. The molecule has 1 heterocycles. The SMILES string of the molecule is COc1ccc(CN(C)Cc2scnc2C)cc1C(=N)N. The van der Waals surface area contributed by atoms with Crippen molar-refractivity contribution in [2.75, 3.05) is 14.2 Å². The molecule has 0 aliphatic heterocycles. The highest BCUT2D eigenvalue weighted by molar-refractivity contribution is 7.09. The van der Waals surface area contributed by atoms with Crippen LogP contribution in [0.2, 0.25) is 0 Å². The van der Waals surface area contributed by atoms with Gasteiger partial charge >= 0.3 is 0 Å². The third-order valence-corrected chi connectivity index (χ3v) is 4.18. The van der Waals surface area contributed by atoms with Gasteiger partial charge in [-0.15, -0.1) is 11.3 Å². The number of nitrogen functional groups attached to an aromatic ring is 1. The molecule has 0 saturated heterocycles. The van der Waals surface area contributed by atoms with Crippen LogP contribution in [0.1, 0.15) is 21.7 Å². The highest BCUT2D eigenvalue weighted by Crippen LogP contribution is 2.21. The van der Waals surface area contributed by atoms with Crippen molar-refractivity contribution in [3.63, 3.8) is 0 Å². The second-order valence-electron chi connectivity index (χ2n) is 4.98. The lowest BCUT2D eigenvalue weighted by atomic mass is 10.1. The zero-order chi connectivity index (χ0) is 15.4. The monoisotopic (exact) mass is 304 g/mol. The summed E-state index contributed by atoms with van der Waals surface area (Å²) in [5.74, 6) is 0.654. The number of amidine groups is 1. The van der Waals surface area contributed by atoms with Crippen molar-refractivity contribution in [2.45, 2.75) is 20.0 Å². The molecule has 0 atom stereocenters. The third-order valence-electron chi connectivity index (χ3n) is 3.26. The van der Waals surface area contributed by atoms with Crippen LogP contribution in [0.5, 0.6) is 5.75 Å². The van der Waals surface area contributed by atoms with Gasteiger partial charge in [0.25, 0.3) is 0 Å². The van der Waals surface area contributed by atoms with E-state index in [0.717, 1.165) is 24.3 Å². The highest BCUT2D eigenvalue weighted by atomic mass is 32.1. The molecule has 2 aromatic rings. The lowest BCUT2D eigenvalue weighted by molar-refractivity contribution is 0.321. The first kappa shape index (κ1) is 15.5. The number of nitrogens with one attached hydrogen (secondary N) is 1. The van der Waals surface area contributed by atoms with Crippen LogP contribution in [0.25, 0.3) is 0 Å². The molecule has 0 aliphatic rings. The van der Waals surface area contributed by atoms with Gasteiger partial charge in [0.1, 0.15) is 11.6 Å². The lowest BCUT2D eigenvalue weighted by Gasteiger charge is -2.17. The summed E-state index contributed by atoms with van der Waals surface area (Å²) in [6.07, 6.45) is 0. The number of nitrogens with two attached hydrogens (primary N) is 1. The molecule has 0 saturated carbocycles. The predicted octanol–water partition coefficient (Wildman–Crippen LogP) is 2.38. The molecule has 112 valence electrons. The van der Waals surface area contributed by atoms with Crippen LogP contribution in [0.4, 0.5) is 0 Å². The van der Waals surface area contributed by atoms with E-state index in [1.54, 1.807) is 18.4 Å². The number of methoxy groups -OCH3 is 1. The minimum absolute atomic E-state index is 0.0228. The van der Waals surface area contributed by atoms with Gasteiger partial charge in [0, 0.05) is 18.0 Å². The number of ether oxygens (including phenoxy) is 1. The third kappa shape index (κ3) is 3.80. The molecule has 1 aromatic heterocycles. The van der Waals surface area contributed by atoms with Crippen LogP contribution < -0.4 is 10.5 Å². The summed E-state index contributed by atoms with van der Waals surface area (Å²) in [4.78, 5) is 7.76. The number of hydrogen-bond acceptors (Lipinski definition) is 5. The number of aryl methyl sites for hydroxylation is 1. The van der Waals surface area contributed by atoms with Gasteiger partial charge in [-0.3, -0.25) is 10.3 Å². The van der Waals surface area contributed by atoms with Crippen LogP contribution >= 0.6 is 11.3 Å². The van der Waals surface area contributed by atoms with Crippen molar-refractivity contribution in [2.24, 2.45) is 5.73 Å². The Hall–Kier alpha value is -1.92. The number of hydrogen-bond donors (Lipinski definition) is 2. The number of aromatic nitrogens is 1. The Labute approximate surface area is 128 Å². The molecule has 0 radical (unpaired) electrons. The van der Waals surface area contributed by atoms with E-state index in [4.69, 9.17) is 15.9 Å². The molecule has 0 aliphatic carbocycles. The van der Waals surface area contributed by atoms with Crippen LogP contribution in [0.15, 0.2) is 23.7 Å². The van der Waals surface area contributed by atoms with Crippen LogP contribution in [0, 0.1) is 12.3 Å². The van der Waals surface area contributed by atoms with Crippen molar-refractivity contribution < 1.29 is 4.74 Å². The maximum absolute atomic E-state index is 7.62. The van der Waals surface area contributed by atoms with Crippen molar-refractivity contribution in [1.82, 2.24) is 9.88 Å². The first-order valence-corrected chi connectivity index (χ1v) is 7.48. The van der Waals surface area contributed by atoms with Crippen molar-refractivity contribution in [1.29, 1.82) is 5.41 Å². The lowest BCUT2D eigenvalue weighted by Crippen LogP contribution is -2.18. The highest BCUT2D eigenvalue weighted by Gasteiger charge is 2.10. The first-order valence-electron chi connectivity index (χ1n) is 6.60. The zero-order valence-electron chi connectivity index (χ0n) is 12.5. The largest absolute Gasteiger partial charge is 0.496 e. The Morgan fingerprint density at radius 2 is 2.19 bits per heavy atom. The normalized spacial score (nSPS) is 10.9. The fourth-order valence-corrected chi connectivity index (χ4v) is 3.01. The first-order chi connectivity index (χ1) is 10.0. The van der Waals surface area contributed by atoms with Gasteiger partial charge < -0.3 is 10.5 Å². The molecule has 0 unspecified atom stereocenters. The quantitative estimate of drug-likeness (QED) is 0.634. The smallest absolute Gasteiger partial charge is 0.129 e. The van der Waals surface area contributed by atoms with Crippen molar-refractivity contribution in [3.05, 3.63) is 45.4 Å². The number of nitrogens with zero attached hydrogens (tertiary/aromatic N) is 2. The topological polar surface area (TPSA) is 75.2 Å². The second kappa shape index (κ2) is 6.69. The maximum atomic E-state index is 7.62. The minimum Gasteiger partial charge on any atom is -0.496 e. The van der Waals surface area contributed by atoms with Gasteiger partial charge in [0.15, 0.2) is 0 Å². The van der Waals surface area contributed by atoms with Crippen LogP contribution in [-0.2, 0) is 13.1 Å². The Bertz CT molecular complexity index is 638. The zero-order valence-corrected chi connectivity index (χ0v) is 13.3. The van der Waals surface area contributed by atoms with Gasteiger partial charge in [0.2, 0.25) is 0 Å². The van der Waals surface area contributed by atoms with E-state index < -0.39 is 0 Å². The fraction of sp³-hybridized carbons (Fsp3) is 0.333. The molecule has 2 rings (SSSR count). The predicted molar refractivity (Wildman–Crippen MR) is 86.0 cm³/mol. The summed E-state index contributed by atoms with van der Waals surface area (Å²) in [7, 11) is 3.65. The van der Waals surface area contributed by atoms with Crippen LogP contribution in [0.3, 0.4) is 0 Å². The van der Waals surface area contributed by atoms with Crippen molar-refractivity contribution >= 4 is 17.2 Å². The summed E-state index contributed by atoms with van der Waals surface area (Å²) in [5.41, 5.74) is 10.3. The maximum Gasteiger partial charge on any atom is 0.129 e. The number of thiazole rings is 1. The van der Waals surface area contributed by atoms with Gasteiger partial charge in [0.05, 0.1) is 23.9 Å². The van der Waals surface area contributed by atoms with E-state index in [0.29, 0.717) is 11.3 Å². The number of benzene rings is 1. The van der Waals surface area contributed by atoms with Crippen molar-refractivity contribution in [3.8, 4) is 5.75 Å². The molecular weight excluding hydrogens is 284 g/mol. The van der Waals surface area contributed by atoms with E-state index >= 15 is 0 Å². The summed E-state index contributed by atoms with van der Waals surface area (Å²) < 4.78 is 5.23. The Kier molecular flexibility index (Phi) is 4.93. The summed E-state index contributed by atoms with van der Waals surface area (Å²) in [5, 5.41) is 7.62. The summed E-state index contributed by atoms with van der Waals surface area (Å²) in [6.45, 7) is 3.67. The van der Waals surface area contributed by atoms with E-state index in [1.807, 2.05) is 30.6 Å². The standard InChI is InChI=1S/C15H20N4OS/c1-10-14(21-9-18-10)8-19(2)7-11-4-5-13(20-3)12(6-11)15(16)17/h4-6,9H,7-8H2,1-3H3,(H3,16,17). The fourth-order valence-electron chi connectivity index (χ4n) is 2.15. The van der Waals surface area contributed by atoms with Gasteiger partial charge in [-0.25, -0.2) is 4.98 Å². The molecule has 0 bridgehead atoms. The average Bonchev–Trinajstić information content (AvgIpc) is 2.84. The summed E-state index contributed by atoms with van der Waals surface area (Å²) in [6, 6.07) is 5.77. The molecule has 5 nitrogen and oxygen atoms in total. The van der Waals surface area contributed by atoms with Crippen LogP contribution in [-0.4, -0.2) is 29.9 Å². The molecule has 3 N–H and O–H groups in total. The van der Waals surface area contributed by atoms with E-state index in [1.165, 1.54) is 4.88 Å². The molecular formula is C15H20N4OS. The number of rotatable bonds is 6. The molecule has 0 amide bonds. The van der Waals surface area contributed by atoms with Gasteiger partial charge in [-0.1, -0.05) is 6.07 Å². The molecule has 0 fully saturated rings. The van der Waals surface area contributed by atoms with E-state index in [-0.39, 0.29) is 5.84 Å². The van der Waals surface area contributed by atoms with E-state index in [9.17, 15) is 0 Å². The van der Waals surface area contributed by atoms with E-state index in [2.05, 4.69) is 16.9 Å². The summed E-state index contributed by atoms with van der Waals surface area (Å²) >= 11 is 1.68. The minimum atomic E-state index is 0.0228. The molecule has 6 heteroatoms. The molecule has 1 aromatic carbocycles.